The van der Waals surface area contributed by atoms with Crippen LogP contribution in [0.15, 0.2) is 48.5 Å². The molecule has 0 fully saturated rings. The van der Waals surface area contributed by atoms with Crippen LogP contribution < -0.4 is 0 Å². The summed E-state index contributed by atoms with van der Waals surface area (Å²) in [5, 5.41) is 9.09. The monoisotopic (exact) mass is 327 g/mol. The number of carbonyl (C=O) groups is 2. The van der Waals surface area contributed by atoms with Crippen LogP contribution in [0.4, 0.5) is 0 Å². The molecule has 0 saturated heterocycles. The van der Waals surface area contributed by atoms with Gasteiger partial charge in [0.1, 0.15) is 0 Å². The van der Waals surface area contributed by atoms with Crippen LogP contribution in [0.25, 0.3) is 0 Å². The summed E-state index contributed by atoms with van der Waals surface area (Å²) in [7, 11) is 1.68. The van der Waals surface area contributed by atoms with Gasteiger partial charge in [-0.3, -0.25) is 4.79 Å². The largest absolute Gasteiger partial charge is 0.478 e. The van der Waals surface area contributed by atoms with Gasteiger partial charge in [0.05, 0.1) is 18.8 Å². The van der Waals surface area contributed by atoms with Crippen molar-refractivity contribution in [2.24, 2.45) is 0 Å². The van der Waals surface area contributed by atoms with Crippen molar-refractivity contribution in [3.05, 3.63) is 70.8 Å². The minimum atomic E-state index is -1.04. The van der Waals surface area contributed by atoms with Crippen LogP contribution in [-0.2, 0) is 11.3 Å². The minimum Gasteiger partial charge on any atom is -0.478 e. The molecule has 0 spiro atoms. The van der Waals surface area contributed by atoms with E-state index in [9.17, 15) is 9.59 Å². The van der Waals surface area contributed by atoms with Crippen LogP contribution in [0.2, 0.25) is 0 Å². The van der Waals surface area contributed by atoms with Crippen molar-refractivity contribution in [3.63, 3.8) is 0 Å². The van der Waals surface area contributed by atoms with E-state index in [1.54, 1.807) is 26.1 Å². The number of aryl methyl sites for hydroxylation is 1. The van der Waals surface area contributed by atoms with Crippen molar-refractivity contribution in [2.75, 3.05) is 20.2 Å². The number of carbonyl (C=O) groups excluding carboxylic acids is 1. The molecule has 2 rings (SSSR count). The molecule has 2 aromatic carbocycles. The first-order valence-electron chi connectivity index (χ1n) is 7.69. The highest BCUT2D eigenvalue weighted by atomic mass is 16.5. The highest BCUT2D eigenvalue weighted by Gasteiger charge is 2.14. The Kier molecular flexibility index (Phi) is 6.09. The zero-order valence-corrected chi connectivity index (χ0v) is 13.9. The molecule has 0 aliphatic rings. The maximum atomic E-state index is 12.4. The summed E-state index contributed by atoms with van der Waals surface area (Å²) >= 11 is 0. The second kappa shape index (κ2) is 8.26. The van der Waals surface area contributed by atoms with Crippen LogP contribution in [0.5, 0.6) is 0 Å². The predicted octanol–water partition coefficient (Wildman–Crippen LogP) is 2.98. The Balaban J connectivity index is 1.89. The van der Waals surface area contributed by atoms with Crippen LogP contribution in [0.1, 0.15) is 31.8 Å². The molecule has 0 aliphatic carbocycles. The Bertz CT molecular complexity index is 713. The van der Waals surface area contributed by atoms with E-state index in [0.29, 0.717) is 25.3 Å². The molecule has 2 aromatic rings. The molecule has 0 radical (unpaired) electrons. The summed E-state index contributed by atoms with van der Waals surface area (Å²) in [6, 6.07) is 14.4. The number of hydrogen-bond donors (Lipinski definition) is 1. The lowest BCUT2D eigenvalue weighted by atomic mass is 10.1. The fourth-order valence-corrected chi connectivity index (χ4v) is 2.32. The van der Waals surface area contributed by atoms with Gasteiger partial charge in [0.15, 0.2) is 0 Å². The van der Waals surface area contributed by atoms with Gasteiger partial charge in [0, 0.05) is 19.2 Å². The van der Waals surface area contributed by atoms with Gasteiger partial charge in [-0.25, -0.2) is 4.79 Å². The first kappa shape index (κ1) is 17.7. The Morgan fingerprint density at radius 2 is 1.75 bits per heavy atom. The molecular formula is C19H21NO4. The highest BCUT2D eigenvalue weighted by Crippen LogP contribution is 2.12. The summed E-state index contributed by atoms with van der Waals surface area (Å²) in [6.45, 7) is 3.11. The molecule has 0 aliphatic heterocycles. The first-order valence-corrected chi connectivity index (χ1v) is 7.69. The van der Waals surface area contributed by atoms with Crippen molar-refractivity contribution in [2.45, 2.75) is 13.5 Å². The molecular weight excluding hydrogens is 306 g/mol. The average molecular weight is 327 g/mol. The zero-order valence-electron chi connectivity index (χ0n) is 13.9. The molecule has 0 bridgehead atoms. The van der Waals surface area contributed by atoms with Crippen molar-refractivity contribution >= 4 is 11.9 Å². The van der Waals surface area contributed by atoms with Gasteiger partial charge in [0.2, 0.25) is 0 Å². The van der Waals surface area contributed by atoms with Gasteiger partial charge in [-0.1, -0.05) is 30.3 Å². The van der Waals surface area contributed by atoms with Crippen molar-refractivity contribution in [3.8, 4) is 0 Å². The lowest BCUT2D eigenvalue weighted by Crippen LogP contribution is -2.30. The smallest absolute Gasteiger partial charge is 0.335 e. The Labute approximate surface area is 141 Å². The van der Waals surface area contributed by atoms with Crippen LogP contribution in [-0.4, -0.2) is 42.1 Å². The summed E-state index contributed by atoms with van der Waals surface area (Å²) in [5.41, 5.74) is 2.31. The van der Waals surface area contributed by atoms with Gasteiger partial charge in [-0.2, -0.15) is 0 Å². The van der Waals surface area contributed by atoms with E-state index in [0.717, 1.165) is 11.1 Å². The van der Waals surface area contributed by atoms with Gasteiger partial charge >= 0.3 is 5.97 Å². The van der Waals surface area contributed by atoms with Gasteiger partial charge in [0.25, 0.3) is 5.91 Å². The van der Waals surface area contributed by atoms with E-state index in [1.807, 2.05) is 30.3 Å². The average Bonchev–Trinajstić information content (AvgIpc) is 2.58. The standard InChI is InChI=1S/C19H21NO4/c1-14-10-16(12-17(11-14)19(22)23)18(21)20(2)8-9-24-13-15-6-4-3-5-7-15/h3-7,10-12H,8-9,13H2,1-2H3,(H,22,23). The maximum absolute atomic E-state index is 12.4. The Morgan fingerprint density at radius 3 is 2.42 bits per heavy atom. The molecule has 1 amide bonds. The van der Waals surface area contributed by atoms with E-state index >= 15 is 0 Å². The molecule has 0 unspecified atom stereocenters. The maximum Gasteiger partial charge on any atom is 0.335 e. The number of amides is 1. The van der Waals surface area contributed by atoms with Crippen LogP contribution in [0, 0.1) is 6.92 Å². The SMILES string of the molecule is Cc1cc(C(=O)O)cc(C(=O)N(C)CCOCc2ccccc2)c1. The Hall–Kier alpha value is -2.66. The first-order chi connectivity index (χ1) is 11.5. The molecule has 1 N–H and O–H groups in total. The van der Waals surface area contributed by atoms with Crippen molar-refractivity contribution < 1.29 is 19.4 Å². The number of aromatic carboxylic acids is 1. The summed E-state index contributed by atoms with van der Waals surface area (Å²) in [6.07, 6.45) is 0. The van der Waals surface area contributed by atoms with Crippen molar-refractivity contribution in [1.29, 1.82) is 0 Å². The number of carboxylic acids is 1. The molecule has 24 heavy (non-hydrogen) atoms. The van der Waals surface area contributed by atoms with Crippen LogP contribution in [0.3, 0.4) is 0 Å². The number of ether oxygens (including phenoxy) is 1. The van der Waals surface area contributed by atoms with E-state index < -0.39 is 5.97 Å². The molecule has 5 nitrogen and oxygen atoms in total. The summed E-state index contributed by atoms with van der Waals surface area (Å²) in [4.78, 5) is 25.0. The molecule has 5 heteroatoms. The second-order valence-electron chi connectivity index (χ2n) is 5.66. The van der Waals surface area contributed by atoms with Crippen molar-refractivity contribution in [1.82, 2.24) is 4.90 Å². The zero-order chi connectivity index (χ0) is 17.5. The van der Waals surface area contributed by atoms with Crippen LogP contribution >= 0.6 is 0 Å². The quantitative estimate of drug-likeness (QED) is 0.794. The number of likely N-dealkylation sites (N-methyl/N-ethyl adjacent to an activating group) is 1. The number of rotatable bonds is 7. The van der Waals surface area contributed by atoms with E-state index in [4.69, 9.17) is 9.84 Å². The minimum absolute atomic E-state index is 0.118. The van der Waals surface area contributed by atoms with E-state index in [1.165, 1.54) is 11.0 Å². The molecule has 0 heterocycles. The number of nitrogens with zero attached hydrogens (tertiary/aromatic N) is 1. The lowest BCUT2D eigenvalue weighted by Gasteiger charge is -2.18. The third-order valence-corrected chi connectivity index (χ3v) is 3.60. The predicted molar refractivity (Wildman–Crippen MR) is 91.2 cm³/mol. The Morgan fingerprint density at radius 1 is 1.08 bits per heavy atom. The topological polar surface area (TPSA) is 66.8 Å². The van der Waals surface area contributed by atoms with Gasteiger partial charge < -0.3 is 14.7 Å². The third-order valence-electron chi connectivity index (χ3n) is 3.60. The van der Waals surface area contributed by atoms with Gasteiger partial charge in [-0.05, 0) is 36.2 Å². The molecule has 0 aromatic heterocycles. The lowest BCUT2D eigenvalue weighted by molar-refractivity contribution is 0.0670. The fraction of sp³-hybridized carbons (Fsp3) is 0.263. The molecule has 0 saturated carbocycles. The summed E-state index contributed by atoms with van der Waals surface area (Å²) < 4.78 is 5.57. The second-order valence-corrected chi connectivity index (χ2v) is 5.66. The molecule has 0 atom stereocenters. The number of hydrogen-bond acceptors (Lipinski definition) is 3. The highest BCUT2D eigenvalue weighted by molar-refractivity contribution is 5.97. The van der Waals surface area contributed by atoms with E-state index in [-0.39, 0.29) is 11.5 Å². The molecule has 126 valence electrons. The number of carboxylic acid groups (broad SMARTS) is 1. The summed E-state index contributed by atoms with van der Waals surface area (Å²) in [5.74, 6) is -1.26. The van der Waals surface area contributed by atoms with E-state index in [2.05, 4.69) is 0 Å². The van der Waals surface area contributed by atoms with Gasteiger partial charge in [-0.15, -0.1) is 0 Å². The third kappa shape index (κ3) is 4.93. The fourth-order valence-electron chi connectivity index (χ4n) is 2.32. The number of benzene rings is 2. The normalized spacial score (nSPS) is 10.4.